The molecular weight excluding hydrogens is 416 g/mol. The van der Waals surface area contributed by atoms with Crippen molar-refractivity contribution in [3.05, 3.63) is 29.8 Å². The second kappa shape index (κ2) is 8.55. The van der Waals surface area contributed by atoms with Crippen molar-refractivity contribution in [3.8, 4) is 0 Å². The number of rotatable bonds is 6. The van der Waals surface area contributed by atoms with Crippen molar-refractivity contribution in [1.82, 2.24) is 10.7 Å². The number of benzene rings is 1. The number of carbonyl (C=O) groups is 1. The highest BCUT2D eigenvalue weighted by molar-refractivity contribution is 7.80. The van der Waals surface area contributed by atoms with Gasteiger partial charge in [-0.25, -0.2) is 14.6 Å². The molecule has 0 fully saturated rings. The number of nitrogens with one attached hydrogen (secondary N) is 2. The summed E-state index contributed by atoms with van der Waals surface area (Å²) in [5.74, 6) is 0.0836. The van der Waals surface area contributed by atoms with Gasteiger partial charge in [-0.1, -0.05) is 32.9 Å². The molecule has 2 N–H and O–H groups in total. The number of anilines is 1. The normalized spacial score (nSPS) is 14.0. The van der Waals surface area contributed by atoms with Gasteiger partial charge in [0.25, 0.3) is 0 Å². The molecule has 0 spiro atoms. The average Bonchev–Trinajstić information content (AvgIpc) is 2.55. The Bertz CT molecular complexity index is 692. The molecule has 1 aromatic rings. The Morgan fingerprint density at radius 3 is 1.89 bits per heavy atom. The van der Waals surface area contributed by atoms with Crippen molar-refractivity contribution in [1.29, 1.82) is 0 Å². The molecular formula is C15H18F6N3O3S-. The maximum absolute atomic E-state index is 13.1. The summed E-state index contributed by atoms with van der Waals surface area (Å²) in [5.41, 5.74) is -2.44. The summed E-state index contributed by atoms with van der Waals surface area (Å²) >= 11 is -3.22. The monoisotopic (exact) mass is 434 g/mol. The Morgan fingerprint density at radius 2 is 1.57 bits per heavy atom. The van der Waals surface area contributed by atoms with Gasteiger partial charge in [-0.05, 0) is 30.0 Å². The van der Waals surface area contributed by atoms with Crippen molar-refractivity contribution in [2.45, 2.75) is 51.0 Å². The van der Waals surface area contributed by atoms with E-state index in [0.29, 0.717) is 6.92 Å². The van der Waals surface area contributed by atoms with Gasteiger partial charge < -0.3 is 9.87 Å². The van der Waals surface area contributed by atoms with Gasteiger partial charge in [0.1, 0.15) is 0 Å². The van der Waals surface area contributed by atoms with Crippen molar-refractivity contribution < 1.29 is 39.9 Å². The van der Waals surface area contributed by atoms with Gasteiger partial charge in [0.05, 0.1) is 17.0 Å². The summed E-state index contributed by atoms with van der Waals surface area (Å²) in [4.78, 5) is 11.8. The number of carbonyl (C=O) groups excluding carboxylic acids is 1. The summed E-state index contributed by atoms with van der Waals surface area (Å²) in [6.45, 7) is 4.29. The van der Waals surface area contributed by atoms with Crippen LogP contribution in [0.1, 0.15) is 38.7 Å². The predicted molar refractivity (Wildman–Crippen MR) is 88.7 cm³/mol. The van der Waals surface area contributed by atoms with Gasteiger partial charge in [-0.15, -0.1) is 0 Å². The largest absolute Gasteiger partial charge is 0.754 e. The van der Waals surface area contributed by atoms with Crippen LogP contribution in [0.5, 0.6) is 0 Å². The molecule has 0 radical (unpaired) electrons. The topological polar surface area (TPSA) is 84.5 Å². The summed E-state index contributed by atoms with van der Waals surface area (Å²) < 4.78 is 101. The lowest BCUT2D eigenvalue weighted by atomic mass is 9.94. The van der Waals surface area contributed by atoms with Crippen LogP contribution >= 0.6 is 0 Å². The fraction of sp³-hybridized carbons (Fsp3) is 0.533. The second-order valence-corrected chi connectivity index (χ2v) is 6.88. The third-order valence-corrected chi connectivity index (χ3v) is 4.57. The summed E-state index contributed by atoms with van der Waals surface area (Å²) in [7, 11) is 0. The van der Waals surface area contributed by atoms with Crippen LogP contribution < -0.4 is 15.2 Å². The average molecular weight is 434 g/mol. The molecule has 0 saturated heterocycles. The number of hydrogen-bond acceptors (Lipinski definition) is 3. The van der Waals surface area contributed by atoms with E-state index in [0.717, 1.165) is 10.9 Å². The molecule has 1 atom stereocenters. The van der Waals surface area contributed by atoms with E-state index in [1.807, 2.05) is 13.8 Å². The molecule has 2 amide bonds. The summed E-state index contributed by atoms with van der Waals surface area (Å²) in [5, 5.41) is 0.830. The minimum absolute atomic E-state index is 0.0836. The van der Waals surface area contributed by atoms with Crippen molar-refractivity contribution in [2.75, 3.05) is 4.41 Å². The number of hydrogen-bond donors (Lipinski definition) is 2. The molecule has 0 aromatic heterocycles. The second-order valence-electron chi connectivity index (χ2n) is 6.08. The van der Waals surface area contributed by atoms with Crippen LogP contribution in [0.25, 0.3) is 0 Å². The first-order chi connectivity index (χ1) is 12.7. The number of hydrazine groups is 1. The van der Waals surface area contributed by atoms with Gasteiger partial charge in [0.15, 0.2) is 0 Å². The van der Waals surface area contributed by atoms with E-state index in [1.165, 1.54) is 29.7 Å². The van der Waals surface area contributed by atoms with Gasteiger partial charge in [0.2, 0.25) is 5.54 Å². The Balaban J connectivity index is 3.14. The first-order valence-electron chi connectivity index (χ1n) is 7.88. The van der Waals surface area contributed by atoms with Crippen LogP contribution in [0.4, 0.5) is 36.8 Å². The maximum atomic E-state index is 13.1. The molecule has 160 valence electrons. The molecule has 1 aromatic carbocycles. The molecule has 0 aliphatic rings. The summed E-state index contributed by atoms with van der Waals surface area (Å²) in [6, 6.07) is 3.49. The number of urea groups is 1. The van der Waals surface area contributed by atoms with Crippen LogP contribution in [0.2, 0.25) is 0 Å². The number of amides is 2. The fourth-order valence-corrected chi connectivity index (χ4v) is 2.74. The smallest absolute Gasteiger partial charge is 0.420 e. The first kappa shape index (κ1) is 24.0. The van der Waals surface area contributed by atoms with Crippen LogP contribution in [-0.4, -0.2) is 32.7 Å². The van der Waals surface area contributed by atoms with Crippen molar-refractivity contribution in [2.24, 2.45) is 0 Å². The highest BCUT2D eigenvalue weighted by Gasteiger charge is 2.70. The van der Waals surface area contributed by atoms with E-state index >= 15 is 0 Å². The van der Waals surface area contributed by atoms with E-state index in [-0.39, 0.29) is 16.0 Å². The zero-order chi connectivity index (χ0) is 21.9. The Hall–Kier alpha value is -2.02. The molecule has 0 aliphatic heterocycles. The highest BCUT2D eigenvalue weighted by atomic mass is 32.2. The lowest BCUT2D eigenvalue weighted by Gasteiger charge is -2.38. The Morgan fingerprint density at radius 1 is 1.11 bits per heavy atom. The lowest BCUT2D eigenvalue weighted by Crippen LogP contribution is -2.69. The standard InChI is InChI=1S/C15H19F6N3O3S/c1-4-13(14(16,17)18,15(19,20)21)22-12(25)23-24(28(26)27)11-7-5-10(6-8-11)9(2)3/h5-9H,4H2,1-3H3,(H,26,27)(H2,22,23,25)/p-1. The van der Waals surface area contributed by atoms with Crippen molar-refractivity contribution >= 4 is 23.0 Å². The predicted octanol–water partition coefficient (Wildman–Crippen LogP) is 3.90. The molecule has 0 bridgehead atoms. The number of halogens is 6. The SMILES string of the molecule is CCC(NC(=O)NN(c1ccc(C(C)C)cc1)S(=O)[O-])(C(F)(F)F)C(F)(F)F. The zero-order valence-electron chi connectivity index (χ0n) is 14.9. The Labute approximate surface area is 159 Å². The van der Waals surface area contributed by atoms with E-state index in [1.54, 1.807) is 0 Å². The molecule has 13 heteroatoms. The fourth-order valence-electron chi connectivity index (χ4n) is 2.29. The third-order valence-electron chi connectivity index (χ3n) is 3.97. The van der Waals surface area contributed by atoms with Crippen LogP contribution in [0.15, 0.2) is 24.3 Å². The molecule has 1 unspecified atom stereocenters. The lowest BCUT2D eigenvalue weighted by molar-refractivity contribution is -0.304. The van der Waals surface area contributed by atoms with Crippen molar-refractivity contribution in [3.63, 3.8) is 0 Å². The third kappa shape index (κ3) is 5.07. The van der Waals surface area contributed by atoms with Gasteiger partial charge >= 0.3 is 18.4 Å². The van der Waals surface area contributed by atoms with E-state index in [4.69, 9.17) is 0 Å². The molecule has 0 heterocycles. The molecule has 0 aliphatic carbocycles. The minimum Gasteiger partial charge on any atom is -0.754 e. The molecule has 6 nitrogen and oxygen atoms in total. The molecule has 1 rings (SSSR count). The zero-order valence-corrected chi connectivity index (χ0v) is 15.8. The van der Waals surface area contributed by atoms with Gasteiger partial charge in [-0.2, -0.15) is 26.3 Å². The quantitative estimate of drug-likeness (QED) is 0.405. The van der Waals surface area contributed by atoms with Crippen LogP contribution in [0.3, 0.4) is 0 Å². The van der Waals surface area contributed by atoms with Crippen LogP contribution in [-0.2, 0) is 11.3 Å². The number of alkyl halides is 6. The van der Waals surface area contributed by atoms with Gasteiger partial charge in [0, 0.05) is 0 Å². The van der Waals surface area contributed by atoms with Gasteiger partial charge in [-0.3, -0.25) is 4.21 Å². The highest BCUT2D eigenvalue weighted by Crippen LogP contribution is 2.45. The number of nitrogens with zero attached hydrogens (tertiary/aromatic N) is 1. The van der Waals surface area contributed by atoms with E-state index in [9.17, 15) is 39.9 Å². The Kier molecular flexibility index (Phi) is 7.34. The summed E-state index contributed by atoms with van der Waals surface area (Å²) in [6.07, 6.45) is -13.3. The van der Waals surface area contributed by atoms with Crippen LogP contribution in [0, 0.1) is 0 Å². The molecule has 0 saturated carbocycles. The first-order valence-corrected chi connectivity index (χ1v) is 8.91. The molecule has 28 heavy (non-hydrogen) atoms. The van der Waals surface area contributed by atoms with E-state index in [2.05, 4.69) is 0 Å². The minimum atomic E-state index is -5.86. The van der Waals surface area contributed by atoms with E-state index < -0.39 is 41.6 Å². The maximum Gasteiger partial charge on any atom is 0.420 e.